The monoisotopic (exact) mass is 239 g/mol. The fourth-order valence-electron chi connectivity index (χ4n) is 3.52. The molecule has 2 aliphatic heterocycles. The minimum atomic E-state index is -0.647. The molecular formula is C13H25N3O. The molecule has 3 fully saturated rings. The van der Waals surface area contributed by atoms with Gasteiger partial charge in [0, 0.05) is 25.7 Å². The van der Waals surface area contributed by atoms with Crippen molar-refractivity contribution in [3.05, 3.63) is 0 Å². The van der Waals surface area contributed by atoms with E-state index in [0.717, 1.165) is 57.9 Å². The van der Waals surface area contributed by atoms with E-state index in [1.54, 1.807) is 0 Å². The summed E-state index contributed by atoms with van der Waals surface area (Å²) >= 11 is 0. The third kappa shape index (κ3) is 2.12. The van der Waals surface area contributed by atoms with Crippen LogP contribution >= 0.6 is 0 Å². The predicted octanol–water partition coefficient (Wildman–Crippen LogP) is 0.0566. The lowest BCUT2D eigenvalue weighted by atomic mass is 9.70. The van der Waals surface area contributed by atoms with E-state index in [4.69, 9.17) is 5.73 Å². The fraction of sp³-hybridized carbons (Fsp3) is 1.00. The van der Waals surface area contributed by atoms with Crippen molar-refractivity contribution in [3.8, 4) is 0 Å². The van der Waals surface area contributed by atoms with Crippen LogP contribution in [0.15, 0.2) is 0 Å². The van der Waals surface area contributed by atoms with Gasteiger partial charge in [0.25, 0.3) is 0 Å². The molecule has 98 valence electrons. The van der Waals surface area contributed by atoms with Crippen LogP contribution in [0.3, 0.4) is 0 Å². The van der Waals surface area contributed by atoms with Gasteiger partial charge in [0.05, 0.1) is 11.1 Å². The summed E-state index contributed by atoms with van der Waals surface area (Å²) in [5, 5.41) is 14.2. The summed E-state index contributed by atoms with van der Waals surface area (Å²) in [6.45, 7) is 3.87. The molecule has 0 aromatic carbocycles. The van der Waals surface area contributed by atoms with E-state index in [2.05, 4.69) is 10.2 Å². The Labute approximate surface area is 104 Å². The maximum atomic E-state index is 10.9. The standard InChI is InChI=1S/C13H25N3O/c14-12(4-1-7-15-10-12)13(17)5-8-16(9-6-13)11-2-3-11/h11,15,17H,1-10,14H2. The summed E-state index contributed by atoms with van der Waals surface area (Å²) < 4.78 is 0. The Balaban J connectivity index is 1.65. The summed E-state index contributed by atoms with van der Waals surface area (Å²) in [6.07, 6.45) is 6.45. The third-order valence-electron chi connectivity index (χ3n) is 5.03. The number of hydrogen-bond acceptors (Lipinski definition) is 4. The van der Waals surface area contributed by atoms with Crippen molar-refractivity contribution >= 4 is 0 Å². The van der Waals surface area contributed by atoms with Crippen molar-refractivity contribution in [2.24, 2.45) is 5.73 Å². The topological polar surface area (TPSA) is 61.5 Å². The van der Waals surface area contributed by atoms with Gasteiger partial charge in [0.15, 0.2) is 0 Å². The number of nitrogens with two attached hydrogens (primary N) is 1. The molecule has 17 heavy (non-hydrogen) atoms. The second-order valence-corrected chi connectivity index (χ2v) is 6.24. The molecule has 1 saturated carbocycles. The molecule has 0 radical (unpaired) electrons. The lowest BCUT2D eigenvalue weighted by molar-refractivity contribution is -0.0882. The largest absolute Gasteiger partial charge is 0.388 e. The summed E-state index contributed by atoms with van der Waals surface area (Å²) in [5.41, 5.74) is 5.43. The first-order valence-corrected chi connectivity index (χ1v) is 7.09. The van der Waals surface area contributed by atoms with Crippen LogP contribution < -0.4 is 11.1 Å². The van der Waals surface area contributed by atoms with E-state index < -0.39 is 11.1 Å². The van der Waals surface area contributed by atoms with Gasteiger partial charge in [-0.3, -0.25) is 0 Å². The Kier molecular flexibility index (Phi) is 2.94. The molecule has 0 amide bonds. The van der Waals surface area contributed by atoms with Crippen molar-refractivity contribution in [3.63, 3.8) is 0 Å². The molecule has 3 rings (SSSR count). The first-order chi connectivity index (χ1) is 8.13. The minimum absolute atomic E-state index is 0.402. The number of nitrogens with zero attached hydrogens (tertiary/aromatic N) is 1. The van der Waals surface area contributed by atoms with Gasteiger partial charge in [0.2, 0.25) is 0 Å². The quantitative estimate of drug-likeness (QED) is 0.637. The van der Waals surface area contributed by atoms with E-state index in [-0.39, 0.29) is 0 Å². The molecule has 0 bridgehead atoms. The summed E-state index contributed by atoms with van der Waals surface area (Å²) in [5.74, 6) is 0. The van der Waals surface area contributed by atoms with E-state index in [0.29, 0.717) is 0 Å². The van der Waals surface area contributed by atoms with Gasteiger partial charge in [0.1, 0.15) is 0 Å². The second-order valence-electron chi connectivity index (χ2n) is 6.24. The SMILES string of the molecule is NC1(C2(O)CCN(C3CC3)CC2)CCCNC1. The zero-order valence-electron chi connectivity index (χ0n) is 10.6. The first-order valence-electron chi connectivity index (χ1n) is 7.09. The van der Waals surface area contributed by atoms with Crippen molar-refractivity contribution in [2.75, 3.05) is 26.2 Å². The van der Waals surface area contributed by atoms with Crippen LogP contribution in [0, 0.1) is 0 Å². The third-order valence-corrected chi connectivity index (χ3v) is 5.03. The molecule has 2 heterocycles. The Hall–Kier alpha value is -0.160. The average Bonchev–Trinajstić information content (AvgIpc) is 3.15. The molecule has 3 aliphatic rings. The van der Waals surface area contributed by atoms with Crippen LogP contribution in [0.1, 0.15) is 38.5 Å². The first kappa shape index (κ1) is 11.9. The van der Waals surface area contributed by atoms with Crippen LogP contribution in [0.2, 0.25) is 0 Å². The number of aliphatic hydroxyl groups is 1. The molecule has 2 saturated heterocycles. The van der Waals surface area contributed by atoms with Gasteiger partial charge >= 0.3 is 0 Å². The molecule has 4 nitrogen and oxygen atoms in total. The normalized spacial score (nSPS) is 39.2. The highest BCUT2D eigenvalue weighted by atomic mass is 16.3. The zero-order valence-corrected chi connectivity index (χ0v) is 10.6. The van der Waals surface area contributed by atoms with Crippen LogP contribution in [0.25, 0.3) is 0 Å². The van der Waals surface area contributed by atoms with Crippen LogP contribution in [-0.4, -0.2) is 53.4 Å². The van der Waals surface area contributed by atoms with E-state index in [1.165, 1.54) is 12.8 Å². The Bertz CT molecular complexity index is 276. The molecule has 0 spiro atoms. The highest BCUT2D eigenvalue weighted by molar-refractivity contribution is 5.09. The van der Waals surface area contributed by atoms with E-state index in [9.17, 15) is 5.11 Å². The Morgan fingerprint density at radius 1 is 1.18 bits per heavy atom. The average molecular weight is 239 g/mol. The molecule has 1 atom stereocenters. The van der Waals surface area contributed by atoms with Crippen LogP contribution in [0.5, 0.6) is 0 Å². The second kappa shape index (κ2) is 4.19. The number of likely N-dealkylation sites (tertiary alicyclic amines) is 1. The highest BCUT2D eigenvalue weighted by Gasteiger charge is 2.50. The molecular weight excluding hydrogens is 214 g/mol. The van der Waals surface area contributed by atoms with E-state index in [1.807, 2.05) is 0 Å². The summed E-state index contributed by atoms with van der Waals surface area (Å²) in [4.78, 5) is 2.54. The van der Waals surface area contributed by atoms with E-state index >= 15 is 0 Å². The molecule has 1 aliphatic carbocycles. The fourth-order valence-corrected chi connectivity index (χ4v) is 3.52. The van der Waals surface area contributed by atoms with Crippen molar-refractivity contribution in [1.29, 1.82) is 0 Å². The predicted molar refractivity (Wildman–Crippen MR) is 67.8 cm³/mol. The maximum absolute atomic E-state index is 10.9. The van der Waals surface area contributed by atoms with Gasteiger partial charge in [-0.15, -0.1) is 0 Å². The minimum Gasteiger partial charge on any atom is -0.388 e. The number of rotatable bonds is 2. The summed E-state index contributed by atoms with van der Waals surface area (Å²) in [7, 11) is 0. The molecule has 0 aromatic rings. The van der Waals surface area contributed by atoms with Gasteiger partial charge in [-0.1, -0.05) is 0 Å². The molecule has 4 N–H and O–H groups in total. The van der Waals surface area contributed by atoms with Crippen molar-refractivity contribution < 1.29 is 5.11 Å². The highest BCUT2D eigenvalue weighted by Crippen LogP contribution is 2.38. The van der Waals surface area contributed by atoms with Gasteiger partial charge in [-0.25, -0.2) is 0 Å². The zero-order chi connectivity index (χ0) is 11.9. The number of hydrogen-bond donors (Lipinski definition) is 3. The molecule has 1 unspecified atom stereocenters. The number of nitrogens with one attached hydrogen (secondary N) is 1. The lowest BCUT2D eigenvalue weighted by Crippen LogP contribution is -2.69. The number of piperidine rings is 2. The Morgan fingerprint density at radius 2 is 1.88 bits per heavy atom. The van der Waals surface area contributed by atoms with Crippen molar-refractivity contribution in [2.45, 2.75) is 55.7 Å². The van der Waals surface area contributed by atoms with Gasteiger partial charge in [-0.2, -0.15) is 0 Å². The molecule has 4 heteroatoms. The maximum Gasteiger partial charge on any atom is 0.0863 e. The van der Waals surface area contributed by atoms with Crippen molar-refractivity contribution in [1.82, 2.24) is 10.2 Å². The smallest absolute Gasteiger partial charge is 0.0863 e. The lowest BCUT2D eigenvalue weighted by Gasteiger charge is -2.51. The van der Waals surface area contributed by atoms with Crippen LogP contribution in [0.4, 0.5) is 0 Å². The van der Waals surface area contributed by atoms with Gasteiger partial charge in [-0.05, 0) is 45.1 Å². The summed E-state index contributed by atoms with van der Waals surface area (Å²) in [6, 6.07) is 0.817. The van der Waals surface area contributed by atoms with Gasteiger partial charge < -0.3 is 21.1 Å². The Morgan fingerprint density at radius 3 is 2.41 bits per heavy atom. The van der Waals surface area contributed by atoms with Crippen LogP contribution in [-0.2, 0) is 0 Å². The molecule has 0 aromatic heterocycles.